The molecule has 0 rings (SSSR count). The van der Waals surface area contributed by atoms with E-state index in [1.807, 2.05) is 0 Å². The number of hydrogen-bond donors (Lipinski definition) is 0. The van der Waals surface area contributed by atoms with E-state index in [0.717, 1.165) is 13.2 Å². The lowest BCUT2D eigenvalue weighted by atomic mass is 9.98. The summed E-state index contributed by atoms with van der Waals surface area (Å²) in [6.45, 7) is 12.8. The Morgan fingerprint density at radius 2 is 1.82 bits per heavy atom. The van der Waals surface area contributed by atoms with E-state index in [-0.39, 0.29) is 0 Å². The maximum atomic E-state index is 5.55. The first kappa shape index (κ1) is 11.0. The van der Waals surface area contributed by atoms with Crippen LogP contribution in [0.4, 0.5) is 0 Å². The van der Waals surface area contributed by atoms with Crippen molar-refractivity contribution in [3.8, 4) is 0 Å². The van der Waals surface area contributed by atoms with Crippen LogP contribution in [0.5, 0.6) is 0 Å². The summed E-state index contributed by atoms with van der Waals surface area (Å²) in [6, 6.07) is 0. The van der Waals surface area contributed by atoms with Crippen LogP contribution in [0.3, 0.4) is 0 Å². The highest BCUT2D eigenvalue weighted by Gasteiger charge is 2.10. The van der Waals surface area contributed by atoms with Crippen molar-refractivity contribution in [1.82, 2.24) is 0 Å². The molecule has 1 unspecified atom stereocenters. The molecule has 1 atom stereocenters. The van der Waals surface area contributed by atoms with Crippen LogP contribution in [0.1, 0.15) is 41.0 Å². The summed E-state index contributed by atoms with van der Waals surface area (Å²) in [5.41, 5.74) is 0.313. The smallest absolute Gasteiger partial charge is 0.0514 e. The highest BCUT2D eigenvalue weighted by molar-refractivity contribution is 4.59. The molecular weight excluding hydrogens is 136 g/mol. The summed E-state index contributed by atoms with van der Waals surface area (Å²) >= 11 is 0. The molecule has 0 aromatic carbocycles. The first-order valence-corrected chi connectivity index (χ1v) is 4.53. The van der Waals surface area contributed by atoms with Gasteiger partial charge in [-0.1, -0.05) is 41.0 Å². The Balaban J connectivity index is 3.28. The van der Waals surface area contributed by atoms with E-state index in [2.05, 4.69) is 34.6 Å². The Kier molecular flexibility index (Phi) is 4.74. The second kappa shape index (κ2) is 4.76. The van der Waals surface area contributed by atoms with E-state index < -0.39 is 0 Å². The van der Waals surface area contributed by atoms with Crippen molar-refractivity contribution in [2.75, 3.05) is 13.2 Å². The SMILES string of the molecule is CCC(C)COCC(C)(C)C. The predicted octanol–water partition coefficient (Wildman–Crippen LogP) is 3.10. The molecule has 0 aliphatic heterocycles. The van der Waals surface area contributed by atoms with Crippen LogP contribution in [-0.2, 0) is 4.74 Å². The Bertz CT molecular complexity index is 91.5. The summed E-state index contributed by atoms with van der Waals surface area (Å²) in [5, 5.41) is 0. The maximum Gasteiger partial charge on any atom is 0.0514 e. The zero-order chi connectivity index (χ0) is 8.91. The van der Waals surface area contributed by atoms with Gasteiger partial charge >= 0.3 is 0 Å². The fraction of sp³-hybridized carbons (Fsp3) is 1.00. The topological polar surface area (TPSA) is 9.23 Å². The number of hydrogen-bond acceptors (Lipinski definition) is 1. The van der Waals surface area contributed by atoms with Crippen molar-refractivity contribution in [3.05, 3.63) is 0 Å². The summed E-state index contributed by atoms with van der Waals surface area (Å²) in [6.07, 6.45) is 1.21. The van der Waals surface area contributed by atoms with Crippen LogP contribution >= 0.6 is 0 Å². The highest BCUT2D eigenvalue weighted by Crippen LogP contribution is 2.13. The Labute approximate surface area is 71.1 Å². The standard InChI is InChI=1S/C10H22O/c1-6-9(2)7-11-8-10(3,4)5/h9H,6-8H2,1-5H3. The quantitative estimate of drug-likeness (QED) is 0.611. The summed E-state index contributed by atoms with van der Waals surface area (Å²) in [7, 11) is 0. The molecule has 0 bridgehead atoms. The van der Waals surface area contributed by atoms with Crippen LogP contribution in [0.25, 0.3) is 0 Å². The van der Waals surface area contributed by atoms with Gasteiger partial charge in [0.05, 0.1) is 6.61 Å². The van der Waals surface area contributed by atoms with Gasteiger partial charge in [0, 0.05) is 6.61 Å². The zero-order valence-corrected chi connectivity index (χ0v) is 8.61. The van der Waals surface area contributed by atoms with Crippen molar-refractivity contribution >= 4 is 0 Å². The first-order chi connectivity index (χ1) is 4.95. The van der Waals surface area contributed by atoms with Gasteiger partial charge in [0.1, 0.15) is 0 Å². The van der Waals surface area contributed by atoms with Gasteiger partial charge in [-0.25, -0.2) is 0 Å². The second-order valence-electron chi connectivity index (χ2n) is 4.59. The van der Waals surface area contributed by atoms with Gasteiger partial charge in [0.15, 0.2) is 0 Å². The Morgan fingerprint density at radius 3 is 2.18 bits per heavy atom. The van der Waals surface area contributed by atoms with Gasteiger partial charge in [-0.15, -0.1) is 0 Å². The number of rotatable bonds is 4. The van der Waals surface area contributed by atoms with Gasteiger partial charge in [0.25, 0.3) is 0 Å². The van der Waals surface area contributed by atoms with Gasteiger partial charge in [-0.3, -0.25) is 0 Å². The van der Waals surface area contributed by atoms with Crippen LogP contribution in [0.2, 0.25) is 0 Å². The Hall–Kier alpha value is -0.0400. The Morgan fingerprint density at radius 1 is 1.27 bits per heavy atom. The van der Waals surface area contributed by atoms with Crippen molar-refractivity contribution in [2.45, 2.75) is 41.0 Å². The van der Waals surface area contributed by atoms with Gasteiger partial charge in [0.2, 0.25) is 0 Å². The molecule has 0 spiro atoms. The molecule has 0 saturated heterocycles. The molecule has 0 saturated carbocycles. The molecule has 0 aromatic heterocycles. The van der Waals surface area contributed by atoms with Crippen molar-refractivity contribution < 1.29 is 4.74 Å². The third kappa shape index (κ3) is 7.86. The molecular formula is C10H22O. The van der Waals surface area contributed by atoms with Gasteiger partial charge in [-0.05, 0) is 11.3 Å². The lowest BCUT2D eigenvalue weighted by Gasteiger charge is -2.19. The van der Waals surface area contributed by atoms with Crippen molar-refractivity contribution in [3.63, 3.8) is 0 Å². The summed E-state index contributed by atoms with van der Waals surface area (Å²) in [5.74, 6) is 0.706. The largest absolute Gasteiger partial charge is 0.381 e. The summed E-state index contributed by atoms with van der Waals surface area (Å²) < 4.78 is 5.55. The van der Waals surface area contributed by atoms with Crippen molar-refractivity contribution in [2.24, 2.45) is 11.3 Å². The van der Waals surface area contributed by atoms with Gasteiger partial charge < -0.3 is 4.74 Å². The average molecular weight is 158 g/mol. The van der Waals surface area contributed by atoms with Crippen LogP contribution in [0.15, 0.2) is 0 Å². The normalized spacial score (nSPS) is 15.0. The van der Waals surface area contributed by atoms with E-state index in [9.17, 15) is 0 Å². The molecule has 0 aliphatic rings. The number of ether oxygens (including phenoxy) is 1. The van der Waals surface area contributed by atoms with Crippen LogP contribution in [0, 0.1) is 11.3 Å². The first-order valence-electron chi connectivity index (χ1n) is 4.53. The fourth-order valence-electron chi connectivity index (χ4n) is 0.684. The van der Waals surface area contributed by atoms with E-state index >= 15 is 0 Å². The zero-order valence-electron chi connectivity index (χ0n) is 8.61. The molecule has 11 heavy (non-hydrogen) atoms. The molecule has 0 amide bonds. The molecule has 0 aliphatic carbocycles. The maximum absolute atomic E-state index is 5.55. The van der Waals surface area contributed by atoms with E-state index in [1.165, 1.54) is 6.42 Å². The molecule has 1 heteroatoms. The minimum absolute atomic E-state index is 0.313. The minimum atomic E-state index is 0.313. The summed E-state index contributed by atoms with van der Waals surface area (Å²) in [4.78, 5) is 0. The third-order valence-corrected chi connectivity index (χ3v) is 1.63. The lowest BCUT2D eigenvalue weighted by Crippen LogP contribution is -2.17. The monoisotopic (exact) mass is 158 g/mol. The van der Waals surface area contributed by atoms with E-state index in [0.29, 0.717) is 11.3 Å². The molecule has 0 heterocycles. The molecule has 68 valence electrons. The van der Waals surface area contributed by atoms with Crippen LogP contribution in [-0.4, -0.2) is 13.2 Å². The van der Waals surface area contributed by atoms with Crippen molar-refractivity contribution in [1.29, 1.82) is 0 Å². The van der Waals surface area contributed by atoms with E-state index in [1.54, 1.807) is 0 Å². The second-order valence-corrected chi connectivity index (χ2v) is 4.59. The average Bonchev–Trinajstić information content (AvgIpc) is 1.85. The lowest BCUT2D eigenvalue weighted by molar-refractivity contribution is 0.0504. The molecule has 1 nitrogen and oxygen atoms in total. The predicted molar refractivity (Wildman–Crippen MR) is 49.7 cm³/mol. The van der Waals surface area contributed by atoms with E-state index in [4.69, 9.17) is 4.74 Å². The highest BCUT2D eigenvalue weighted by atomic mass is 16.5. The minimum Gasteiger partial charge on any atom is -0.381 e. The molecule has 0 fully saturated rings. The third-order valence-electron chi connectivity index (χ3n) is 1.63. The molecule has 0 aromatic rings. The fourth-order valence-corrected chi connectivity index (χ4v) is 0.684. The van der Waals surface area contributed by atoms with Crippen LogP contribution < -0.4 is 0 Å². The van der Waals surface area contributed by atoms with Gasteiger partial charge in [-0.2, -0.15) is 0 Å². The molecule has 0 radical (unpaired) electrons. The molecule has 0 N–H and O–H groups in total.